The van der Waals surface area contributed by atoms with Crippen molar-refractivity contribution in [3.05, 3.63) is 70.3 Å². The molecule has 1 atom stereocenters. The van der Waals surface area contributed by atoms with Crippen molar-refractivity contribution in [2.24, 2.45) is 0 Å². The summed E-state index contributed by atoms with van der Waals surface area (Å²) < 4.78 is 0. The molecular formula is C19H25N. The lowest BCUT2D eigenvalue weighted by molar-refractivity contribution is 0.598. The van der Waals surface area contributed by atoms with Crippen molar-refractivity contribution in [3.8, 4) is 0 Å². The maximum Gasteiger partial charge on any atom is 0.0576 e. The molecule has 1 nitrogen and oxygen atoms in total. The summed E-state index contributed by atoms with van der Waals surface area (Å²) in [5.74, 6) is 0. The fraction of sp³-hybridized carbons (Fsp3) is 0.368. The van der Waals surface area contributed by atoms with E-state index in [1.165, 1.54) is 27.8 Å². The molecule has 0 aliphatic heterocycles. The van der Waals surface area contributed by atoms with Gasteiger partial charge in [-0.05, 0) is 56.0 Å². The molecule has 0 aromatic heterocycles. The minimum atomic E-state index is 0.287. The fourth-order valence-corrected chi connectivity index (χ4v) is 2.42. The summed E-state index contributed by atoms with van der Waals surface area (Å²) in [5.41, 5.74) is 6.71. The van der Waals surface area contributed by atoms with E-state index in [9.17, 15) is 0 Å². The Hall–Kier alpha value is -1.60. The highest BCUT2D eigenvalue weighted by Crippen LogP contribution is 2.24. The van der Waals surface area contributed by atoms with Crippen molar-refractivity contribution in [1.82, 2.24) is 5.32 Å². The first-order valence-electron chi connectivity index (χ1n) is 7.49. The molecule has 0 bridgehead atoms. The maximum atomic E-state index is 3.67. The quantitative estimate of drug-likeness (QED) is 0.828. The van der Waals surface area contributed by atoms with Gasteiger partial charge in [0.15, 0.2) is 0 Å². The predicted molar refractivity (Wildman–Crippen MR) is 87.2 cm³/mol. The summed E-state index contributed by atoms with van der Waals surface area (Å²) in [6, 6.07) is 15.9. The third-order valence-electron chi connectivity index (χ3n) is 3.87. The molecule has 0 fully saturated rings. The van der Waals surface area contributed by atoms with E-state index in [4.69, 9.17) is 0 Å². The Morgan fingerprint density at radius 3 is 2.10 bits per heavy atom. The molecule has 0 heterocycles. The highest BCUT2D eigenvalue weighted by molar-refractivity contribution is 5.37. The third-order valence-corrected chi connectivity index (χ3v) is 3.87. The van der Waals surface area contributed by atoms with Crippen LogP contribution in [-0.2, 0) is 0 Å². The minimum Gasteiger partial charge on any atom is -0.306 e. The Morgan fingerprint density at radius 1 is 0.850 bits per heavy atom. The van der Waals surface area contributed by atoms with E-state index in [1.54, 1.807) is 0 Å². The average molecular weight is 267 g/mol. The number of nitrogens with one attached hydrogen (secondary N) is 1. The molecule has 0 amide bonds. The van der Waals surface area contributed by atoms with Crippen molar-refractivity contribution in [2.75, 3.05) is 6.54 Å². The van der Waals surface area contributed by atoms with E-state index in [-0.39, 0.29) is 6.04 Å². The first-order chi connectivity index (χ1) is 9.61. The van der Waals surface area contributed by atoms with Crippen LogP contribution in [0.3, 0.4) is 0 Å². The van der Waals surface area contributed by atoms with Crippen LogP contribution in [0.5, 0.6) is 0 Å². The van der Waals surface area contributed by atoms with Crippen LogP contribution in [0, 0.1) is 20.8 Å². The Balaban J connectivity index is 2.35. The zero-order valence-electron chi connectivity index (χ0n) is 13.0. The number of hydrogen-bond donors (Lipinski definition) is 1. The molecule has 0 spiro atoms. The molecule has 0 radical (unpaired) electrons. The van der Waals surface area contributed by atoms with Crippen molar-refractivity contribution in [2.45, 2.75) is 40.2 Å². The molecular weight excluding hydrogens is 242 g/mol. The van der Waals surface area contributed by atoms with E-state index in [2.05, 4.69) is 75.5 Å². The summed E-state index contributed by atoms with van der Waals surface area (Å²) in [6.07, 6.45) is 1.15. The van der Waals surface area contributed by atoms with E-state index in [1.807, 2.05) is 0 Å². The topological polar surface area (TPSA) is 12.0 Å². The Labute approximate surface area is 123 Å². The first-order valence-corrected chi connectivity index (χ1v) is 7.49. The normalized spacial score (nSPS) is 12.4. The number of hydrogen-bond acceptors (Lipinski definition) is 1. The van der Waals surface area contributed by atoms with Crippen molar-refractivity contribution < 1.29 is 0 Å². The van der Waals surface area contributed by atoms with Gasteiger partial charge in [0.25, 0.3) is 0 Å². The van der Waals surface area contributed by atoms with Crippen LogP contribution in [0.4, 0.5) is 0 Å². The lowest BCUT2D eigenvalue weighted by atomic mass is 9.95. The minimum absolute atomic E-state index is 0.287. The van der Waals surface area contributed by atoms with E-state index < -0.39 is 0 Å². The van der Waals surface area contributed by atoms with E-state index in [0.29, 0.717) is 0 Å². The molecule has 1 unspecified atom stereocenters. The summed E-state index contributed by atoms with van der Waals surface area (Å²) in [7, 11) is 0. The van der Waals surface area contributed by atoms with Gasteiger partial charge in [0.05, 0.1) is 6.04 Å². The lowest BCUT2D eigenvalue weighted by Crippen LogP contribution is -2.23. The molecule has 2 rings (SSSR count). The standard InChI is InChI=1S/C19H25N/c1-5-12-20-19(17-9-6-14(2)7-10-17)18-11-8-15(3)16(4)13-18/h6-11,13,19-20H,5,12H2,1-4H3. The van der Waals surface area contributed by atoms with E-state index >= 15 is 0 Å². The van der Waals surface area contributed by atoms with Gasteiger partial charge in [-0.25, -0.2) is 0 Å². The van der Waals surface area contributed by atoms with Crippen LogP contribution in [-0.4, -0.2) is 6.54 Å². The number of benzene rings is 2. The van der Waals surface area contributed by atoms with Crippen LogP contribution >= 0.6 is 0 Å². The number of rotatable bonds is 5. The molecule has 1 N–H and O–H groups in total. The first kappa shape index (κ1) is 14.8. The van der Waals surface area contributed by atoms with Gasteiger partial charge in [0.1, 0.15) is 0 Å². The van der Waals surface area contributed by atoms with Gasteiger partial charge in [-0.1, -0.05) is 55.0 Å². The van der Waals surface area contributed by atoms with Crippen molar-refractivity contribution in [3.63, 3.8) is 0 Å². The lowest BCUT2D eigenvalue weighted by Gasteiger charge is -2.21. The third kappa shape index (κ3) is 3.49. The molecule has 0 aliphatic carbocycles. The van der Waals surface area contributed by atoms with Crippen LogP contribution in [0.1, 0.15) is 47.2 Å². The fourth-order valence-electron chi connectivity index (χ4n) is 2.42. The molecule has 0 saturated carbocycles. The monoisotopic (exact) mass is 267 g/mol. The summed E-state index contributed by atoms with van der Waals surface area (Å²) in [4.78, 5) is 0. The SMILES string of the molecule is CCCNC(c1ccc(C)cc1)c1ccc(C)c(C)c1. The van der Waals surface area contributed by atoms with Crippen molar-refractivity contribution in [1.29, 1.82) is 0 Å². The van der Waals surface area contributed by atoms with E-state index in [0.717, 1.165) is 13.0 Å². The Bertz CT molecular complexity index is 554. The molecule has 0 saturated heterocycles. The smallest absolute Gasteiger partial charge is 0.0576 e. The molecule has 106 valence electrons. The van der Waals surface area contributed by atoms with Gasteiger partial charge in [-0.15, -0.1) is 0 Å². The summed E-state index contributed by atoms with van der Waals surface area (Å²) >= 11 is 0. The molecule has 2 aromatic rings. The molecule has 1 heteroatoms. The maximum absolute atomic E-state index is 3.67. The van der Waals surface area contributed by atoms with Gasteiger partial charge in [-0.2, -0.15) is 0 Å². The predicted octanol–water partition coefficient (Wildman–Crippen LogP) is 4.70. The Kier molecular flexibility index (Phi) is 4.97. The van der Waals surface area contributed by atoms with Crippen LogP contribution in [0.25, 0.3) is 0 Å². The molecule has 20 heavy (non-hydrogen) atoms. The zero-order chi connectivity index (χ0) is 14.5. The summed E-state index contributed by atoms with van der Waals surface area (Å²) in [5, 5.41) is 3.67. The van der Waals surface area contributed by atoms with Crippen molar-refractivity contribution >= 4 is 0 Å². The second kappa shape index (κ2) is 6.71. The van der Waals surface area contributed by atoms with Gasteiger partial charge < -0.3 is 5.32 Å². The number of aryl methyl sites for hydroxylation is 3. The second-order valence-electron chi connectivity index (χ2n) is 5.64. The summed E-state index contributed by atoms with van der Waals surface area (Å²) in [6.45, 7) is 9.73. The largest absolute Gasteiger partial charge is 0.306 e. The zero-order valence-corrected chi connectivity index (χ0v) is 13.0. The highest BCUT2D eigenvalue weighted by atomic mass is 14.9. The second-order valence-corrected chi connectivity index (χ2v) is 5.64. The van der Waals surface area contributed by atoms with Gasteiger partial charge in [0, 0.05) is 0 Å². The molecule has 2 aromatic carbocycles. The van der Waals surface area contributed by atoms with Gasteiger partial charge >= 0.3 is 0 Å². The van der Waals surface area contributed by atoms with Crippen LogP contribution in [0.15, 0.2) is 42.5 Å². The molecule has 0 aliphatic rings. The van der Waals surface area contributed by atoms with Gasteiger partial charge in [0.2, 0.25) is 0 Å². The highest BCUT2D eigenvalue weighted by Gasteiger charge is 2.13. The van der Waals surface area contributed by atoms with Crippen LogP contribution < -0.4 is 5.32 Å². The average Bonchev–Trinajstić information content (AvgIpc) is 2.45. The Morgan fingerprint density at radius 2 is 1.50 bits per heavy atom. The van der Waals surface area contributed by atoms with Gasteiger partial charge in [-0.3, -0.25) is 0 Å². The van der Waals surface area contributed by atoms with Crippen LogP contribution in [0.2, 0.25) is 0 Å².